The summed E-state index contributed by atoms with van der Waals surface area (Å²) < 4.78 is 0. The van der Waals surface area contributed by atoms with Gasteiger partial charge in [0.1, 0.15) is 0 Å². The molecule has 0 spiro atoms. The second-order valence-corrected chi connectivity index (χ2v) is 6.98. The highest BCUT2D eigenvalue weighted by atomic mass is 32.1. The molecule has 1 aromatic heterocycles. The molecule has 2 aromatic rings. The molecule has 1 unspecified atom stereocenters. The fourth-order valence-corrected chi connectivity index (χ4v) is 3.74. The van der Waals surface area contributed by atoms with Crippen LogP contribution in [0.25, 0.3) is 0 Å². The van der Waals surface area contributed by atoms with E-state index >= 15 is 0 Å². The molecule has 0 bridgehead atoms. The number of fused-ring (bicyclic) bond motifs is 1. The zero-order valence-electron chi connectivity index (χ0n) is 12.6. The molecule has 0 saturated heterocycles. The third kappa shape index (κ3) is 3.28. The lowest BCUT2D eigenvalue weighted by atomic mass is 10.1. The fourth-order valence-electron chi connectivity index (χ4n) is 2.91. The molecule has 1 amide bonds. The number of hydrogen-bond donors (Lipinski definition) is 1. The van der Waals surface area contributed by atoms with Crippen LogP contribution in [0.2, 0.25) is 0 Å². The average Bonchev–Trinajstić information content (AvgIpc) is 3.12. The SMILES string of the molecule is Cc1ccc(C(=O)CCC(=O)NC2CCc3ccccc32)s1. The lowest BCUT2D eigenvalue weighted by Crippen LogP contribution is -2.27. The van der Waals surface area contributed by atoms with Crippen molar-refractivity contribution in [3.05, 3.63) is 57.3 Å². The number of ketones is 1. The molecule has 0 saturated carbocycles. The quantitative estimate of drug-likeness (QED) is 0.853. The smallest absolute Gasteiger partial charge is 0.220 e. The van der Waals surface area contributed by atoms with Crippen molar-refractivity contribution in [1.82, 2.24) is 5.32 Å². The van der Waals surface area contributed by atoms with Gasteiger partial charge in [0.05, 0.1) is 10.9 Å². The Morgan fingerprint density at radius 1 is 1.18 bits per heavy atom. The number of carbonyl (C=O) groups is 2. The van der Waals surface area contributed by atoms with Crippen LogP contribution < -0.4 is 5.32 Å². The lowest BCUT2D eigenvalue weighted by Gasteiger charge is -2.13. The minimum atomic E-state index is -0.0386. The Labute approximate surface area is 134 Å². The number of amides is 1. The first-order valence-corrected chi connectivity index (χ1v) is 8.42. The van der Waals surface area contributed by atoms with Gasteiger partial charge in [-0.1, -0.05) is 24.3 Å². The van der Waals surface area contributed by atoms with Gasteiger partial charge in [-0.05, 0) is 43.0 Å². The normalized spacial score (nSPS) is 16.3. The van der Waals surface area contributed by atoms with E-state index in [0.717, 1.165) is 22.6 Å². The van der Waals surface area contributed by atoms with E-state index in [1.54, 1.807) is 0 Å². The molecule has 1 atom stereocenters. The Balaban J connectivity index is 1.52. The maximum absolute atomic E-state index is 12.1. The first-order chi connectivity index (χ1) is 10.6. The Morgan fingerprint density at radius 3 is 2.77 bits per heavy atom. The van der Waals surface area contributed by atoms with Crippen LogP contribution in [0.3, 0.4) is 0 Å². The molecule has 0 fully saturated rings. The molecular weight excluding hydrogens is 294 g/mol. The Hall–Kier alpha value is -1.94. The number of Topliss-reactive ketones (excluding diaryl/α,β-unsaturated/α-hetero) is 1. The molecule has 0 radical (unpaired) electrons. The van der Waals surface area contributed by atoms with Crippen molar-refractivity contribution < 1.29 is 9.59 Å². The van der Waals surface area contributed by atoms with E-state index in [0.29, 0.717) is 0 Å². The van der Waals surface area contributed by atoms with Gasteiger partial charge in [-0.15, -0.1) is 11.3 Å². The largest absolute Gasteiger partial charge is 0.349 e. The van der Waals surface area contributed by atoms with Crippen molar-refractivity contribution in [3.8, 4) is 0 Å². The van der Waals surface area contributed by atoms with Gasteiger partial charge >= 0.3 is 0 Å². The molecular formula is C18H19NO2S. The second kappa shape index (κ2) is 6.44. The zero-order valence-corrected chi connectivity index (χ0v) is 13.4. The van der Waals surface area contributed by atoms with Crippen LogP contribution in [0.5, 0.6) is 0 Å². The van der Waals surface area contributed by atoms with Crippen molar-refractivity contribution in [2.75, 3.05) is 0 Å². The summed E-state index contributed by atoms with van der Waals surface area (Å²) in [5.41, 5.74) is 2.54. The van der Waals surface area contributed by atoms with Crippen LogP contribution in [0.1, 0.15) is 51.0 Å². The molecule has 4 heteroatoms. The Kier molecular flexibility index (Phi) is 4.39. The van der Waals surface area contributed by atoms with Crippen LogP contribution in [0.15, 0.2) is 36.4 Å². The second-order valence-electron chi connectivity index (χ2n) is 5.69. The lowest BCUT2D eigenvalue weighted by molar-refractivity contribution is -0.121. The van der Waals surface area contributed by atoms with E-state index in [9.17, 15) is 9.59 Å². The van der Waals surface area contributed by atoms with E-state index in [1.807, 2.05) is 31.2 Å². The van der Waals surface area contributed by atoms with Gasteiger partial charge in [0.25, 0.3) is 0 Å². The molecule has 1 heterocycles. The number of benzene rings is 1. The van der Waals surface area contributed by atoms with Crippen molar-refractivity contribution in [2.24, 2.45) is 0 Å². The molecule has 1 aliphatic rings. The van der Waals surface area contributed by atoms with Crippen molar-refractivity contribution in [3.63, 3.8) is 0 Å². The highest BCUT2D eigenvalue weighted by molar-refractivity contribution is 7.14. The van der Waals surface area contributed by atoms with Gasteiger partial charge in [-0.3, -0.25) is 9.59 Å². The number of rotatable bonds is 5. The van der Waals surface area contributed by atoms with E-state index in [2.05, 4.69) is 17.4 Å². The van der Waals surface area contributed by atoms with Crippen LogP contribution in [0.4, 0.5) is 0 Å². The van der Waals surface area contributed by atoms with E-state index < -0.39 is 0 Å². The highest BCUT2D eigenvalue weighted by Gasteiger charge is 2.23. The summed E-state index contributed by atoms with van der Waals surface area (Å²) in [6.07, 6.45) is 2.49. The van der Waals surface area contributed by atoms with Crippen LogP contribution in [-0.4, -0.2) is 11.7 Å². The summed E-state index contributed by atoms with van der Waals surface area (Å²) in [6.45, 7) is 1.98. The highest BCUT2D eigenvalue weighted by Crippen LogP contribution is 2.30. The third-order valence-electron chi connectivity index (χ3n) is 4.06. The first-order valence-electron chi connectivity index (χ1n) is 7.60. The van der Waals surface area contributed by atoms with Gasteiger partial charge in [0.15, 0.2) is 5.78 Å². The Bertz CT molecular complexity index is 705. The third-order valence-corrected chi connectivity index (χ3v) is 5.10. The minimum Gasteiger partial charge on any atom is -0.349 e. The van der Waals surface area contributed by atoms with E-state index in [1.165, 1.54) is 22.5 Å². The maximum Gasteiger partial charge on any atom is 0.220 e. The maximum atomic E-state index is 12.1. The topological polar surface area (TPSA) is 46.2 Å². The van der Waals surface area contributed by atoms with E-state index in [-0.39, 0.29) is 30.6 Å². The molecule has 114 valence electrons. The Morgan fingerprint density at radius 2 is 2.00 bits per heavy atom. The summed E-state index contributed by atoms with van der Waals surface area (Å²) in [6, 6.07) is 12.1. The van der Waals surface area contributed by atoms with Crippen LogP contribution in [-0.2, 0) is 11.2 Å². The standard InChI is InChI=1S/C18H19NO2S/c1-12-6-10-17(22-12)16(20)9-11-18(21)19-15-8-7-13-4-2-3-5-14(13)15/h2-6,10,15H,7-9,11H2,1H3,(H,19,21). The van der Waals surface area contributed by atoms with Gasteiger partial charge in [0, 0.05) is 17.7 Å². The molecule has 1 aromatic carbocycles. The zero-order chi connectivity index (χ0) is 15.5. The summed E-state index contributed by atoms with van der Waals surface area (Å²) in [5, 5.41) is 3.06. The number of carbonyl (C=O) groups excluding carboxylic acids is 2. The minimum absolute atomic E-state index is 0.0386. The van der Waals surface area contributed by atoms with Crippen molar-refractivity contribution in [1.29, 1.82) is 0 Å². The molecule has 3 nitrogen and oxygen atoms in total. The molecule has 22 heavy (non-hydrogen) atoms. The molecule has 1 aliphatic carbocycles. The summed E-state index contributed by atoms with van der Waals surface area (Å²) in [4.78, 5) is 26.0. The first kappa shape index (κ1) is 15.0. The van der Waals surface area contributed by atoms with Crippen LogP contribution >= 0.6 is 11.3 Å². The predicted octanol–water partition coefficient (Wildman–Crippen LogP) is 3.82. The number of nitrogens with one attached hydrogen (secondary N) is 1. The summed E-state index contributed by atoms with van der Waals surface area (Å²) >= 11 is 1.49. The average molecular weight is 313 g/mol. The van der Waals surface area contributed by atoms with Gasteiger partial charge in [0.2, 0.25) is 5.91 Å². The summed E-state index contributed by atoms with van der Waals surface area (Å²) in [5.74, 6) is 0.0170. The van der Waals surface area contributed by atoms with Gasteiger partial charge < -0.3 is 5.32 Å². The number of hydrogen-bond acceptors (Lipinski definition) is 3. The van der Waals surface area contributed by atoms with E-state index in [4.69, 9.17) is 0 Å². The number of thiophene rings is 1. The van der Waals surface area contributed by atoms with Crippen LogP contribution in [0, 0.1) is 6.92 Å². The monoisotopic (exact) mass is 313 g/mol. The van der Waals surface area contributed by atoms with Gasteiger partial charge in [-0.25, -0.2) is 0 Å². The molecule has 1 N–H and O–H groups in total. The summed E-state index contributed by atoms with van der Waals surface area (Å²) in [7, 11) is 0. The van der Waals surface area contributed by atoms with Gasteiger partial charge in [-0.2, -0.15) is 0 Å². The van der Waals surface area contributed by atoms with Crippen molar-refractivity contribution >= 4 is 23.0 Å². The molecule has 0 aliphatic heterocycles. The fraction of sp³-hybridized carbons (Fsp3) is 0.333. The number of aryl methyl sites for hydroxylation is 2. The predicted molar refractivity (Wildman–Crippen MR) is 88.3 cm³/mol. The molecule has 3 rings (SSSR count). The van der Waals surface area contributed by atoms with Crippen molar-refractivity contribution in [2.45, 2.75) is 38.6 Å².